The predicted molar refractivity (Wildman–Crippen MR) is 92.8 cm³/mol. The van der Waals surface area contributed by atoms with Gasteiger partial charge in [-0.2, -0.15) is 6.08 Å². The summed E-state index contributed by atoms with van der Waals surface area (Å²) in [4.78, 5) is 0. The van der Waals surface area contributed by atoms with Crippen LogP contribution in [0.2, 0.25) is 13.1 Å². The molecule has 1 aliphatic rings. The fourth-order valence-electron chi connectivity index (χ4n) is 0.869. The molecule has 1 rings (SSSR count). The smallest absolute Gasteiger partial charge is 0.673 e. The van der Waals surface area contributed by atoms with Crippen LogP contribution in [0.15, 0.2) is 17.7 Å². The summed E-state index contributed by atoms with van der Waals surface area (Å²) in [5, 5.41) is 0. The average Bonchev–Trinajstić information content (AvgIpc) is 2.49. The first-order valence-corrected chi connectivity index (χ1v) is 8.35. The molecule has 0 aliphatic heterocycles. The number of nitrogens with one attached hydrogen (secondary N) is 1. The summed E-state index contributed by atoms with van der Waals surface area (Å²) in [5.74, 6) is 0.560. The number of hydrogen-bond donors (Lipinski definition) is 0. The molecule has 19 heavy (non-hydrogen) atoms. The van der Waals surface area contributed by atoms with E-state index in [1.54, 1.807) is 0 Å². The van der Waals surface area contributed by atoms with Crippen molar-refractivity contribution in [2.24, 2.45) is 5.92 Å². The van der Waals surface area contributed by atoms with Gasteiger partial charge in [0, 0.05) is 9.52 Å². The minimum Gasteiger partial charge on any atom is -0.673 e. The van der Waals surface area contributed by atoms with E-state index in [2.05, 4.69) is 45.2 Å². The molecule has 1 radical (unpaired) electrons. The van der Waals surface area contributed by atoms with Crippen LogP contribution in [0.5, 0.6) is 0 Å². The molecule has 0 saturated heterocycles. The van der Waals surface area contributed by atoms with Crippen LogP contribution in [-0.4, -0.2) is 15.1 Å². The summed E-state index contributed by atoms with van der Waals surface area (Å²) in [6, 6.07) is 0. The monoisotopic (exact) mass is 358 g/mol. The quantitative estimate of drug-likeness (QED) is 0.434. The molecule has 1 atom stereocenters. The zero-order chi connectivity index (χ0) is 13.2. The van der Waals surface area contributed by atoms with Crippen LogP contribution in [0, 0.1) is 12.0 Å². The summed E-state index contributed by atoms with van der Waals surface area (Å²) in [6.07, 6.45) is 8.77. The molecule has 113 valence electrons. The first kappa shape index (κ1) is 32.1. The van der Waals surface area contributed by atoms with Crippen LogP contribution in [0.25, 0.3) is 5.73 Å². The van der Waals surface area contributed by atoms with Crippen LogP contribution in [-0.2, 0) is 21.7 Å². The third-order valence-corrected chi connectivity index (χ3v) is 1.38. The van der Waals surface area contributed by atoms with Gasteiger partial charge < -0.3 is 5.73 Å². The fraction of sp³-hybridized carbons (Fsp3) is 0.714. The Balaban J connectivity index is -0.0000000531. The van der Waals surface area contributed by atoms with Crippen molar-refractivity contribution in [2.45, 2.75) is 59.7 Å². The minimum absolute atomic E-state index is 0. The van der Waals surface area contributed by atoms with Gasteiger partial charge in [0.15, 0.2) is 0 Å². The van der Waals surface area contributed by atoms with Gasteiger partial charge in [0.1, 0.15) is 0 Å². The van der Waals surface area contributed by atoms with E-state index >= 15 is 0 Å². The summed E-state index contributed by atoms with van der Waals surface area (Å²) in [5.41, 5.74) is 8.05. The molecule has 1 unspecified atom stereocenters. The molecule has 0 fully saturated rings. The summed E-state index contributed by atoms with van der Waals surface area (Å²) in [7, 11) is 0.750. The topological polar surface area (TPSA) is 23.8 Å². The Morgan fingerprint density at radius 3 is 1.68 bits per heavy atom. The third-order valence-electron chi connectivity index (χ3n) is 1.38. The average molecular weight is 359 g/mol. The first-order chi connectivity index (χ1) is 7.24. The first-order valence-electron chi connectivity index (χ1n) is 6.04. The second-order valence-electron chi connectivity index (χ2n) is 5.00. The van der Waals surface area contributed by atoms with E-state index in [1.165, 1.54) is 5.57 Å². The molecule has 1 N–H and O–H groups in total. The molecule has 1 aliphatic carbocycles. The fourth-order valence-corrected chi connectivity index (χ4v) is 0.869. The van der Waals surface area contributed by atoms with Gasteiger partial charge in [0.2, 0.25) is 0 Å². The molecule has 5 heteroatoms. The van der Waals surface area contributed by atoms with Crippen molar-refractivity contribution in [2.75, 3.05) is 0 Å². The molecule has 0 aromatic rings. The van der Waals surface area contributed by atoms with Gasteiger partial charge in [-0.25, -0.2) is 11.6 Å². The molecule has 0 aromatic heterocycles. The zero-order valence-corrected chi connectivity index (χ0v) is 17.7. The van der Waals surface area contributed by atoms with Gasteiger partial charge in [-0.3, -0.25) is 6.08 Å². The van der Waals surface area contributed by atoms with Crippen molar-refractivity contribution >= 4 is 34.3 Å². The zero-order valence-electron chi connectivity index (χ0n) is 13.3. The van der Waals surface area contributed by atoms with Crippen LogP contribution >= 0.6 is 24.8 Å². The Hall–Kier alpha value is 0.951. The standard InChI is InChI=1S/C8H11.C4H10N.C2H7Si.2ClH.Ti/c1-3-8-5-4-7(2)6-8;1-4(2,3)5;1-3-2;;;/h4-5,7H,3H2,1-2H3;5H,1-3H3;3H,1-2H3;2*1H;/q2*-1;;;;+2. The largest absolute Gasteiger partial charge is 2.00 e. The van der Waals surface area contributed by atoms with Crippen LogP contribution in [0.3, 0.4) is 0 Å². The SMILES string of the molecule is CC(C)(C)[NH-].CCC1=[C-]C(C)C=C1.C[SiH]C.Cl.Cl.[Ti+2]. The van der Waals surface area contributed by atoms with E-state index in [0.29, 0.717) is 5.92 Å². The van der Waals surface area contributed by atoms with Crippen molar-refractivity contribution in [3.8, 4) is 0 Å². The normalized spacial score (nSPS) is 15.2. The molecule has 1 nitrogen and oxygen atoms in total. The van der Waals surface area contributed by atoms with E-state index in [4.69, 9.17) is 5.73 Å². The van der Waals surface area contributed by atoms with Crippen molar-refractivity contribution in [3.63, 3.8) is 0 Å². The van der Waals surface area contributed by atoms with Crippen molar-refractivity contribution in [1.82, 2.24) is 0 Å². The maximum atomic E-state index is 6.94. The van der Waals surface area contributed by atoms with Gasteiger partial charge in [-0.1, -0.05) is 60.1 Å². The minimum atomic E-state index is -0.250. The van der Waals surface area contributed by atoms with E-state index in [9.17, 15) is 0 Å². The third kappa shape index (κ3) is 38.1. The van der Waals surface area contributed by atoms with Crippen molar-refractivity contribution < 1.29 is 21.7 Å². The molecule has 0 heterocycles. The number of hydrogen-bond acceptors (Lipinski definition) is 0. The van der Waals surface area contributed by atoms with Gasteiger partial charge in [0.05, 0.1) is 0 Å². The Morgan fingerprint density at radius 1 is 1.26 bits per heavy atom. The Bertz CT molecular complexity index is 220. The van der Waals surface area contributed by atoms with Gasteiger partial charge in [-0.05, 0) is 0 Å². The Labute approximate surface area is 150 Å². The van der Waals surface area contributed by atoms with Crippen molar-refractivity contribution in [1.29, 1.82) is 0 Å². The van der Waals surface area contributed by atoms with Crippen molar-refractivity contribution in [3.05, 3.63) is 29.5 Å². The predicted octanol–water partition coefficient (Wildman–Crippen LogP) is 5.53. The van der Waals surface area contributed by atoms with Crippen LogP contribution < -0.4 is 0 Å². The van der Waals surface area contributed by atoms with E-state index < -0.39 is 0 Å². The van der Waals surface area contributed by atoms with E-state index in [1.807, 2.05) is 20.8 Å². The molecular weight excluding hydrogens is 329 g/mol. The second-order valence-corrected chi connectivity index (χ2v) is 6.15. The molecular formula is C14H30Cl2NSiTi. The van der Waals surface area contributed by atoms with Gasteiger partial charge in [-0.15, -0.1) is 30.4 Å². The molecule has 0 spiro atoms. The maximum Gasteiger partial charge on any atom is 2.00 e. The number of rotatable bonds is 1. The molecule has 0 saturated carbocycles. The second kappa shape index (κ2) is 19.0. The maximum absolute atomic E-state index is 6.94. The number of halogens is 2. The molecule has 0 amide bonds. The van der Waals surface area contributed by atoms with Crippen LogP contribution in [0.1, 0.15) is 41.0 Å². The van der Waals surface area contributed by atoms with Gasteiger partial charge >= 0.3 is 21.7 Å². The Morgan fingerprint density at radius 2 is 1.58 bits per heavy atom. The summed E-state index contributed by atoms with van der Waals surface area (Å²) >= 11 is 0. The molecule has 0 bridgehead atoms. The van der Waals surface area contributed by atoms with Gasteiger partial charge in [0.25, 0.3) is 0 Å². The van der Waals surface area contributed by atoms with E-state index in [-0.39, 0.29) is 52.1 Å². The Kier molecular flexibility index (Phi) is 32.0. The molecule has 0 aromatic carbocycles. The summed E-state index contributed by atoms with van der Waals surface area (Å²) < 4.78 is 0. The summed E-state index contributed by atoms with van der Waals surface area (Å²) in [6.45, 7) is 14.3. The number of allylic oxidation sites excluding steroid dienone is 4. The van der Waals surface area contributed by atoms with E-state index in [0.717, 1.165) is 15.9 Å². The van der Waals surface area contributed by atoms with Crippen LogP contribution in [0.4, 0.5) is 0 Å².